The lowest BCUT2D eigenvalue weighted by atomic mass is 10.2. The molecule has 6 heteroatoms. The first kappa shape index (κ1) is 17.1. The highest BCUT2D eigenvalue weighted by Crippen LogP contribution is 2.31. The van der Waals surface area contributed by atoms with Crippen LogP contribution in [0.5, 0.6) is 5.75 Å². The van der Waals surface area contributed by atoms with Gasteiger partial charge in [0.15, 0.2) is 6.10 Å². The second kappa shape index (κ2) is 7.41. The van der Waals surface area contributed by atoms with E-state index in [-0.39, 0.29) is 11.9 Å². The quantitative estimate of drug-likeness (QED) is 0.765. The number of benzene rings is 1. The molecule has 2 aromatic rings. The molecular formula is C18H18Cl2N2O2. The first-order chi connectivity index (χ1) is 11.5. The lowest BCUT2D eigenvalue weighted by Gasteiger charge is -2.26. The highest BCUT2D eigenvalue weighted by molar-refractivity contribution is 6.35. The number of pyridine rings is 1. The molecule has 0 bridgehead atoms. The first-order valence-electron chi connectivity index (χ1n) is 7.85. The second-order valence-electron chi connectivity index (χ2n) is 5.89. The number of hydrogen-bond donors (Lipinski definition) is 0. The summed E-state index contributed by atoms with van der Waals surface area (Å²) in [6.07, 6.45) is 4.92. The molecule has 1 aromatic carbocycles. The number of nitrogens with zero attached hydrogens (tertiary/aromatic N) is 2. The Morgan fingerprint density at radius 2 is 2.00 bits per heavy atom. The third-order valence-corrected chi connectivity index (χ3v) is 4.45. The molecule has 0 spiro atoms. The predicted octanol–water partition coefficient (Wildman–Crippen LogP) is 4.35. The summed E-state index contributed by atoms with van der Waals surface area (Å²) in [7, 11) is 0. The van der Waals surface area contributed by atoms with Crippen molar-refractivity contribution in [2.45, 2.75) is 38.5 Å². The van der Waals surface area contributed by atoms with Crippen LogP contribution in [0.2, 0.25) is 10.0 Å². The largest absolute Gasteiger partial charge is 0.479 e. The van der Waals surface area contributed by atoms with Crippen LogP contribution in [-0.4, -0.2) is 27.9 Å². The average Bonchev–Trinajstić information content (AvgIpc) is 3.40. The van der Waals surface area contributed by atoms with Crippen LogP contribution in [0.25, 0.3) is 0 Å². The fourth-order valence-electron chi connectivity index (χ4n) is 2.50. The minimum Gasteiger partial charge on any atom is -0.479 e. The molecule has 126 valence electrons. The van der Waals surface area contributed by atoms with Gasteiger partial charge < -0.3 is 9.64 Å². The predicted molar refractivity (Wildman–Crippen MR) is 94.4 cm³/mol. The molecule has 1 amide bonds. The summed E-state index contributed by atoms with van der Waals surface area (Å²) in [4.78, 5) is 18.7. The van der Waals surface area contributed by atoms with Gasteiger partial charge in [-0.3, -0.25) is 9.78 Å². The van der Waals surface area contributed by atoms with Crippen LogP contribution in [0.1, 0.15) is 25.3 Å². The monoisotopic (exact) mass is 364 g/mol. The van der Waals surface area contributed by atoms with E-state index < -0.39 is 6.10 Å². The van der Waals surface area contributed by atoms with Crippen molar-refractivity contribution in [3.8, 4) is 5.75 Å². The van der Waals surface area contributed by atoms with Gasteiger partial charge in [0.05, 0.1) is 5.02 Å². The zero-order chi connectivity index (χ0) is 17.1. The maximum absolute atomic E-state index is 12.8. The molecule has 1 atom stereocenters. The standard InChI is InChI=1S/C18H18Cl2N2O2/c1-12(24-17-5-2-14(19)10-16(17)20)18(23)22(15-3-4-15)11-13-6-8-21-9-7-13/h2,5-10,12,15H,3-4,11H2,1H3. The van der Waals surface area contributed by atoms with Crippen LogP contribution in [0.4, 0.5) is 0 Å². The van der Waals surface area contributed by atoms with Crippen molar-refractivity contribution in [1.29, 1.82) is 0 Å². The van der Waals surface area contributed by atoms with Crippen molar-refractivity contribution in [3.63, 3.8) is 0 Å². The van der Waals surface area contributed by atoms with Gasteiger partial charge >= 0.3 is 0 Å². The number of rotatable bonds is 6. The number of hydrogen-bond acceptors (Lipinski definition) is 3. The van der Waals surface area contributed by atoms with Crippen molar-refractivity contribution in [3.05, 3.63) is 58.3 Å². The lowest BCUT2D eigenvalue weighted by Crippen LogP contribution is -2.41. The minimum absolute atomic E-state index is 0.0414. The van der Waals surface area contributed by atoms with Crippen LogP contribution in [0, 0.1) is 0 Å². The van der Waals surface area contributed by atoms with E-state index in [1.54, 1.807) is 37.5 Å². The average molecular weight is 365 g/mol. The zero-order valence-electron chi connectivity index (χ0n) is 13.3. The Hall–Kier alpha value is -1.78. The molecule has 4 nitrogen and oxygen atoms in total. The van der Waals surface area contributed by atoms with Gasteiger partial charge in [0, 0.05) is 30.0 Å². The molecule has 0 saturated heterocycles. The van der Waals surface area contributed by atoms with Crippen molar-refractivity contribution in [2.24, 2.45) is 0 Å². The Kier molecular flexibility index (Phi) is 5.27. The summed E-state index contributed by atoms with van der Waals surface area (Å²) in [5, 5.41) is 0.929. The number of amides is 1. The molecule has 3 rings (SSSR count). The Labute approximate surface area is 151 Å². The minimum atomic E-state index is -0.619. The fourth-order valence-corrected chi connectivity index (χ4v) is 2.96. The molecule has 1 fully saturated rings. The Balaban J connectivity index is 1.70. The van der Waals surface area contributed by atoms with E-state index in [4.69, 9.17) is 27.9 Å². The van der Waals surface area contributed by atoms with Crippen LogP contribution in [0.15, 0.2) is 42.7 Å². The zero-order valence-corrected chi connectivity index (χ0v) is 14.8. The Morgan fingerprint density at radius 3 is 2.62 bits per heavy atom. The topological polar surface area (TPSA) is 42.4 Å². The van der Waals surface area contributed by atoms with Crippen molar-refractivity contribution < 1.29 is 9.53 Å². The maximum atomic E-state index is 12.8. The van der Waals surface area contributed by atoms with Crippen LogP contribution in [0.3, 0.4) is 0 Å². The van der Waals surface area contributed by atoms with Crippen molar-refractivity contribution in [2.75, 3.05) is 0 Å². The first-order valence-corrected chi connectivity index (χ1v) is 8.61. The number of aromatic nitrogens is 1. The number of carbonyl (C=O) groups excluding carboxylic acids is 1. The summed E-state index contributed by atoms with van der Waals surface area (Å²) in [5.41, 5.74) is 1.06. The number of ether oxygens (including phenoxy) is 1. The van der Waals surface area contributed by atoms with Gasteiger partial charge in [-0.2, -0.15) is 0 Å². The lowest BCUT2D eigenvalue weighted by molar-refractivity contribution is -0.139. The van der Waals surface area contributed by atoms with Crippen molar-refractivity contribution >= 4 is 29.1 Å². The van der Waals surface area contributed by atoms with Gasteiger partial charge in [-0.25, -0.2) is 0 Å². The summed E-state index contributed by atoms with van der Waals surface area (Å²) in [6, 6.07) is 9.10. The van der Waals surface area contributed by atoms with E-state index >= 15 is 0 Å². The summed E-state index contributed by atoms with van der Waals surface area (Å²) in [5.74, 6) is 0.418. The maximum Gasteiger partial charge on any atom is 0.263 e. The van der Waals surface area contributed by atoms with Gasteiger partial charge in [-0.15, -0.1) is 0 Å². The number of carbonyl (C=O) groups is 1. The van der Waals surface area contributed by atoms with Crippen LogP contribution < -0.4 is 4.74 Å². The molecule has 1 saturated carbocycles. The molecule has 1 aliphatic rings. The van der Waals surface area contributed by atoms with E-state index in [0.29, 0.717) is 22.3 Å². The normalized spacial score (nSPS) is 15.0. The molecule has 0 radical (unpaired) electrons. The van der Waals surface area contributed by atoms with Gasteiger partial charge in [-0.1, -0.05) is 23.2 Å². The third-order valence-electron chi connectivity index (χ3n) is 3.92. The van der Waals surface area contributed by atoms with Gasteiger partial charge in [0.25, 0.3) is 5.91 Å². The van der Waals surface area contributed by atoms with Crippen LogP contribution in [-0.2, 0) is 11.3 Å². The third kappa shape index (κ3) is 4.19. The molecule has 0 aliphatic heterocycles. The van der Waals surface area contributed by atoms with Gasteiger partial charge in [0.1, 0.15) is 5.75 Å². The molecule has 1 heterocycles. The molecule has 24 heavy (non-hydrogen) atoms. The van der Waals surface area contributed by atoms with E-state index in [9.17, 15) is 4.79 Å². The molecule has 0 N–H and O–H groups in total. The van der Waals surface area contributed by atoms with Gasteiger partial charge in [-0.05, 0) is 55.7 Å². The number of halogens is 2. The molecular weight excluding hydrogens is 347 g/mol. The summed E-state index contributed by atoms with van der Waals surface area (Å²) in [6.45, 7) is 2.31. The highest BCUT2D eigenvalue weighted by atomic mass is 35.5. The smallest absolute Gasteiger partial charge is 0.263 e. The van der Waals surface area contributed by atoms with E-state index in [1.165, 1.54) is 0 Å². The second-order valence-corrected chi connectivity index (χ2v) is 6.73. The molecule has 1 aliphatic carbocycles. The van der Waals surface area contributed by atoms with Crippen molar-refractivity contribution in [1.82, 2.24) is 9.88 Å². The van der Waals surface area contributed by atoms with E-state index in [2.05, 4.69) is 4.98 Å². The molecule has 1 aromatic heterocycles. The van der Waals surface area contributed by atoms with Crippen LogP contribution >= 0.6 is 23.2 Å². The van der Waals surface area contributed by atoms with E-state index in [1.807, 2.05) is 17.0 Å². The Bertz CT molecular complexity index is 720. The van der Waals surface area contributed by atoms with E-state index in [0.717, 1.165) is 18.4 Å². The Morgan fingerprint density at radius 1 is 1.29 bits per heavy atom. The highest BCUT2D eigenvalue weighted by Gasteiger charge is 2.35. The SMILES string of the molecule is CC(Oc1ccc(Cl)cc1Cl)C(=O)N(Cc1ccncc1)C1CC1. The van der Waals surface area contributed by atoms with Gasteiger partial charge in [0.2, 0.25) is 0 Å². The summed E-state index contributed by atoms with van der Waals surface area (Å²) >= 11 is 12.0. The summed E-state index contributed by atoms with van der Waals surface area (Å²) < 4.78 is 5.76. The molecule has 1 unspecified atom stereocenters. The fraction of sp³-hybridized carbons (Fsp3) is 0.333.